The van der Waals surface area contributed by atoms with Gasteiger partial charge in [-0.2, -0.15) is 0 Å². The maximum absolute atomic E-state index is 11.8. The average Bonchev–Trinajstić information content (AvgIpc) is 3.12. The molecular weight excluding hydrogens is 459 g/mol. The van der Waals surface area contributed by atoms with E-state index in [2.05, 4.69) is 22.5 Å². The van der Waals surface area contributed by atoms with Crippen LogP contribution in [0.1, 0.15) is 114 Å². The molecule has 0 aromatic carbocycles. The molecule has 32 heavy (non-hydrogen) atoms. The first kappa shape index (κ1) is 29.9. The average molecular weight is 497 g/mol. The van der Waals surface area contributed by atoms with Crippen LogP contribution in [0.5, 0.6) is 0 Å². The fourth-order valence-corrected chi connectivity index (χ4v) is 5.45. The molecule has 1 aliphatic rings. The summed E-state index contributed by atoms with van der Waals surface area (Å²) in [6, 6.07) is 0. The van der Waals surface area contributed by atoms with E-state index in [-0.39, 0.29) is 58.6 Å². The van der Waals surface area contributed by atoms with Gasteiger partial charge in [-0.05, 0) is 18.2 Å². The van der Waals surface area contributed by atoms with E-state index in [0.717, 1.165) is 31.0 Å². The summed E-state index contributed by atoms with van der Waals surface area (Å²) < 4.78 is 36.8. The minimum absolute atomic E-state index is 0. The third-order valence-corrected chi connectivity index (χ3v) is 7.66. The van der Waals surface area contributed by atoms with Gasteiger partial charge in [-0.1, -0.05) is 96.8 Å². The molecule has 0 saturated heterocycles. The molecule has 0 fully saturated rings. The van der Waals surface area contributed by atoms with Crippen molar-refractivity contribution in [3.8, 4) is 0 Å². The van der Waals surface area contributed by atoms with Crippen LogP contribution in [0.3, 0.4) is 0 Å². The topological polar surface area (TPSA) is 117 Å². The normalized spacial score (nSPS) is 14.5. The van der Waals surface area contributed by atoms with Crippen molar-refractivity contribution in [3.05, 3.63) is 5.82 Å². The van der Waals surface area contributed by atoms with Gasteiger partial charge in [-0.3, -0.25) is 4.79 Å². The van der Waals surface area contributed by atoms with Crippen LogP contribution in [-0.2, 0) is 14.9 Å². The zero-order valence-electron chi connectivity index (χ0n) is 19.7. The number of carbonyl (C=O) groups is 1. The Labute approximate surface area is 219 Å². The molecule has 1 atom stereocenters. The van der Waals surface area contributed by atoms with E-state index in [1.807, 2.05) is 0 Å². The van der Waals surface area contributed by atoms with Gasteiger partial charge in [0, 0.05) is 0 Å². The maximum Gasteiger partial charge on any atom is 1.00 e. The molecule has 0 aliphatic carbocycles. The number of unbranched alkanes of at least 4 members (excludes halogenated alkanes) is 13. The van der Waals surface area contributed by atoms with Gasteiger partial charge >= 0.3 is 29.6 Å². The van der Waals surface area contributed by atoms with Crippen molar-refractivity contribution in [1.29, 1.82) is 0 Å². The second-order valence-electron chi connectivity index (χ2n) is 8.35. The van der Waals surface area contributed by atoms with Crippen LogP contribution in [0.25, 0.3) is 0 Å². The summed E-state index contributed by atoms with van der Waals surface area (Å²) in [7, 11) is -4.56. The number of nitrogens with one attached hydrogen (secondary N) is 1. The summed E-state index contributed by atoms with van der Waals surface area (Å²) in [4.78, 5) is 11.5. The van der Waals surface area contributed by atoms with Crippen molar-refractivity contribution in [1.82, 2.24) is 14.9 Å². The SMILES string of the molecule is CCCCCCCCCCCCCCCCC(c1nnc2n1NCC(=O)S2)S(=O)(=O)[O-].[Na+]. The quantitative estimate of drug-likeness (QED) is 0.197. The van der Waals surface area contributed by atoms with Crippen molar-refractivity contribution >= 4 is 27.0 Å². The molecule has 11 heteroatoms. The number of aromatic nitrogens is 3. The molecule has 1 N–H and O–H groups in total. The van der Waals surface area contributed by atoms with E-state index in [4.69, 9.17) is 0 Å². The molecule has 0 radical (unpaired) electrons. The van der Waals surface area contributed by atoms with Crippen LogP contribution in [0.15, 0.2) is 5.16 Å². The van der Waals surface area contributed by atoms with E-state index >= 15 is 0 Å². The summed E-state index contributed by atoms with van der Waals surface area (Å²) in [5.74, 6) is 0.0831. The zero-order valence-corrected chi connectivity index (χ0v) is 23.3. The number of hydrogen-bond donors (Lipinski definition) is 1. The third-order valence-electron chi connectivity index (χ3n) is 5.70. The number of carbonyl (C=O) groups excluding carboxylic acids is 1. The monoisotopic (exact) mass is 496 g/mol. The fraction of sp³-hybridized carbons (Fsp3) is 0.857. The summed E-state index contributed by atoms with van der Waals surface area (Å²) in [6.07, 6.45) is 17.2. The van der Waals surface area contributed by atoms with Gasteiger partial charge in [0.15, 0.2) is 5.82 Å². The standard InChI is InChI=1S/C21H38N4O4S2.Na/c1-2-3-4-5-6-7-8-9-10-11-12-13-14-15-16-18(31(27,28)29)20-23-24-21-25(20)22-17-19(26)30-21;/h18,22H,2-17H2,1H3,(H,27,28,29);/q;+1/p-1. The van der Waals surface area contributed by atoms with Crippen LogP contribution in [0.2, 0.25) is 0 Å². The van der Waals surface area contributed by atoms with Gasteiger partial charge < -0.3 is 9.98 Å². The summed E-state index contributed by atoms with van der Waals surface area (Å²) in [6.45, 7) is 2.29. The Balaban J connectivity index is 0.00000512. The van der Waals surface area contributed by atoms with Crippen molar-refractivity contribution < 1.29 is 47.3 Å². The molecule has 178 valence electrons. The Morgan fingerprint density at radius 2 is 1.44 bits per heavy atom. The van der Waals surface area contributed by atoms with E-state index in [0.29, 0.717) is 6.42 Å². The Hall–Kier alpha value is -0.130. The largest absolute Gasteiger partial charge is 1.00 e. The molecule has 1 unspecified atom stereocenters. The molecule has 0 bridgehead atoms. The molecule has 1 aliphatic heterocycles. The molecule has 1 aromatic rings. The number of nitrogens with zero attached hydrogens (tertiary/aromatic N) is 3. The predicted octanol–water partition coefficient (Wildman–Crippen LogP) is 1.92. The van der Waals surface area contributed by atoms with Gasteiger partial charge in [0.25, 0.3) is 0 Å². The summed E-state index contributed by atoms with van der Waals surface area (Å²) in [5.41, 5.74) is 2.78. The Morgan fingerprint density at radius 3 is 1.94 bits per heavy atom. The van der Waals surface area contributed by atoms with Crippen LogP contribution in [-0.4, -0.2) is 39.5 Å². The van der Waals surface area contributed by atoms with Crippen LogP contribution < -0.4 is 35.0 Å². The Bertz CT molecular complexity index is 774. The molecule has 0 saturated carbocycles. The molecular formula is C21H37N4NaO4S2. The van der Waals surface area contributed by atoms with Gasteiger partial charge in [-0.15, -0.1) is 10.2 Å². The van der Waals surface area contributed by atoms with E-state index in [1.54, 1.807) is 0 Å². The van der Waals surface area contributed by atoms with Crippen molar-refractivity contribution in [3.63, 3.8) is 0 Å². The number of rotatable bonds is 17. The van der Waals surface area contributed by atoms with E-state index in [9.17, 15) is 17.8 Å². The minimum atomic E-state index is -4.56. The zero-order chi connectivity index (χ0) is 22.5. The van der Waals surface area contributed by atoms with Gasteiger partial charge in [0.2, 0.25) is 10.3 Å². The van der Waals surface area contributed by atoms with Crippen molar-refractivity contribution in [2.75, 3.05) is 12.0 Å². The minimum Gasteiger partial charge on any atom is -0.747 e. The molecule has 2 rings (SSSR count). The second kappa shape index (κ2) is 16.5. The number of thioether (sulfide) groups is 1. The second-order valence-corrected chi connectivity index (χ2v) is 10.9. The first-order valence-electron chi connectivity index (χ1n) is 11.8. The Kier molecular flexibility index (Phi) is 15.4. The van der Waals surface area contributed by atoms with Gasteiger partial charge in [0.05, 0.1) is 0 Å². The smallest absolute Gasteiger partial charge is 0.747 e. The van der Waals surface area contributed by atoms with Crippen LogP contribution >= 0.6 is 11.8 Å². The first-order valence-corrected chi connectivity index (χ1v) is 14.1. The molecule has 0 amide bonds. The summed E-state index contributed by atoms with van der Waals surface area (Å²) >= 11 is 0.900. The third kappa shape index (κ3) is 10.9. The van der Waals surface area contributed by atoms with Gasteiger partial charge in [-0.25, -0.2) is 13.1 Å². The van der Waals surface area contributed by atoms with Crippen LogP contribution in [0, 0.1) is 0 Å². The molecule has 2 heterocycles. The Morgan fingerprint density at radius 1 is 0.938 bits per heavy atom. The maximum atomic E-state index is 11.8. The first-order chi connectivity index (χ1) is 14.9. The molecule has 0 spiro atoms. The van der Waals surface area contributed by atoms with Gasteiger partial charge in [0.1, 0.15) is 21.9 Å². The fourth-order valence-electron chi connectivity index (χ4n) is 3.91. The predicted molar refractivity (Wildman–Crippen MR) is 122 cm³/mol. The van der Waals surface area contributed by atoms with E-state index < -0.39 is 15.4 Å². The van der Waals surface area contributed by atoms with E-state index in [1.165, 1.54) is 68.9 Å². The molecule has 8 nitrogen and oxygen atoms in total. The summed E-state index contributed by atoms with van der Waals surface area (Å²) in [5, 5.41) is 6.64. The molecule has 1 aromatic heterocycles. The van der Waals surface area contributed by atoms with Crippen molar-refractivity contribution in [2.24, 2.45) is 0 Å². The van der Waals surface area contributed by atoms with Crippen LogP contribution in [0.4, 0.5) is 0 Å². The number of hydrogen-bond acceptors (Lipinski definition) is 8. The van der Waals surface area contributed by atoms with Crippen molar-refractivity contribution in [2.45, 2.75) is 114 Å². The number of fused-ring (bicyclic) bond motifs is 1.